The lowest BCUT2D eigenvalue weighted by Gasteiger charge is -2.15. The molecule has 0 atom stereocenters. The number of carbonyl (C=O) groups excluding carboxylic acids is 2. The smallest absolute Gasteiger partial charge is 0.257 e. The summed E-state index contributed by atoms with van der Waals surface area (Å²) in [4.78, 5) is 23.9. The Kier molecular flexibility index (Phi) is 6.30. The monoisotopic (exact) mass is 356 g/mol. The Morgan fingerprint density at radius 3 is 1.62 bits per heavy atom. The highest BCUT2D eigenvalue weighted by molar-refractivity contribution is 5.86. The van der Waals surface area contributed by atoms with Crippen LogP contribution in [0.15, 0.2) is 36.4 Å². The van der Waals surface area contributed by atoms with E-state index < -0.39 is 0 Å². The third-order valence-corrected chi connectivity index (χ3v) is 4.28. The zero-order valence-corrected chi connectivity index (χ0v) is 14.8. The van der Waals surface area contributed by atoms with Crippen LogP contribution in [0.25, 0.3) is 10.8 Å². The second-order valence-corrected chi connectivity index (χ2v) is 6.34. The van der Waals surface area contributed by atoms with E-state index in [0.29, 0.717) is 24.6 Å². The molecule has 0 unspecified atom stereocenters. The second-order valence-electron chi connectivity index (χ2n) is 6.34. The molecule has 0 fully saturated rings. The number of hydrogen-bond donors (Lipinski definition) is 2. The summed E-state index contributed by atoms with van der Waals surface area (Å²) in [5, 5.41) is 7.69. The molecule has 1 aliphatic heterocycles. The minimum atomic E-state index is -0.158. The second kappa shape index (κ2) is 9.08. The van der Waals surface area contributed by atoms with Gasteiger partial charge >= 0.3 is 0 Å². The molecular weight excluding hydrogens is 332 g/mol. The van der Waals surface area contributed by atoms with Crippen LogP contribution in [0.5, 0.6) is 11.5 Å². The van der Waals surface area contributed by atoms with Crippen molar-refractivity contribution in [3.05, 3.63) is 36.4 Å². The first kappa shape index (κ1) is 18.0. The zero-order valence-electron chi connectivity index (χ0n) is 14.8. The molecule has 2 aromatic rings. The Balaban J connectivity index is 1.79. The Labute approximate surface area is 152 Å². The van der Waals surface area contributed by atoms with Crippen LogP contribution < -0.4 is 20.1 Å². The minimum Gasteiger partial charge on any atom is -0.480 e. The normalized spacial score (nSPS) is 17.4. The van der Waals surface area contributed by atoms with Crippen molar-refractivity contribution >= 4 is 22.6 Å². The minimum absolute atomic E-state index is 0.0824. The number of benzene rings is 2. The number of amides is 2. The van der Waals surface area contributed by atoms with Crippen LogP contribution in [0, 0.1) is 0 Å². The van der Waals surface area contributed by atoms with E-state index in [1.807, 2.05) is 36.4 Å². The molecule has 26 heavy (non-hydrogen) atoms. The van der Waals surface area contributed by atoms with Crippen molar-refractivity contribution in [2.45, 2.75) is 25.7 Å². The van der Waals surface area contributed by atoms with Gasteiger partial charge in [0.1, 0.15) is 0 Å². The van der Waals surface area contributed by atoms with E-state index in [1.165, 1.54) is 0 Å². The molecule has 0 radical (unpaired) electrons. The highest BCUT2D eigenvalue weighted by Crippen LogP contribution is 2.32. The quantitative estimate of drug-likeness (QED) is 0.760. The zero-order chi connectivity index (χ0) is 18.2. The molecule has 2 amide bonds. The van der Waals surface area contributed by atoms with Crippen molar-refractivity contribution in [2.24, 2.45) is 0 Å². The van der Waals surface area contributed by atoms with E-state index in [4.69, 9.17) is 9.47 Å². The van der Waals surface area contributed by atoms with Crippen molar-refractivity contribution in [3.63, 3.8) is 0 Å². The molecule has 0 saturated heterocycles. The summed E-state index contributed by atoms with van der Waals surface area (Å²) in [6.45, 7) is 1.10. The van der Waals surface area contributed by atoms with Gasteiger partial charge in [-0.3, -0.25) is 9.59 Å². The van der Waals surface area contributed by atoms with Crippen LogP contribution in [-0.4, -0.2) is 38.1 Å². The molecule has 3 rings (SSSR count). The summed E-state index contributed by atoms with van der Waals surface area (Å²) in [7, 11) is 0. The number of ether oxygens (including phenoxy) is 2. The first-order chi connectivity index (χ1) is 12.7. The maximum absolute atomic E-state index is 12.0. The van der Waals surface area contributed by atoms with Gasteiger partial charge in [-0.25, -0.2) is 0 Å². The largest absolute Gasteiger partial charge is 0.480 e. The van der Waals surface area contributed by atoms with Crippen LogP contribution in [0.3, 0.4) is 0 Å². The number of rotatable bonds is 0. The highest BCUT2D eigenvalue weighted by atomic mass is 16.5. The SMILES string of the molecule is O=C1COc2cc3ccccc3cc2OCC(=O)NCCCCCCN1. The van der Waals surface area contributed by atoms with E-state index in [-0.39, 0.29) is 25.0 Å². The third kappa shape index (κ3) is 5.12. The van der Waals surface area contributed by atoms with Gasteiger partial charge < -0.3 is 20.1 Å². The van der Waals surface area contributed by atoms with Crippen LogP contribution in [0.4, 0.5) is 0 Å². The van der Waals surface area contributed by atoms with Gasteiger partial charge in [0.15, 0.2) is 24.7 Å². The first-order valence-corrected chi connectivity index (χ1v) is 9.04. The summed E-state index contributed by atoms with van der Waals surface area (Å²) < 4.78 is 11.4. The Morgan fingerprint density at radius 1 is 0.692 bits per heavy atom. The fourth-order valence-corrected chi connectivity index (χ4v) is 2.87. The highest BCUT2D eigenvalue weighted by Gasteiger charge is 2.12. The van der Waals surface area contributed by atoms with E-state index in [1.54, 1.807) is 0 Å². The molecule has 0 saturated carbocycles. The summed E-state index contributed by atoms with van der Waals surface area (Å²) >= 11 is 0. The summed E-state index contributed by atoms with van der Waals surface area (Å²) in [6, 6.07) is 11.5. The fourth-order valence-electron chi connectivity index (χ4n) is 2.87. The molecule has 1 aliphatic rings. The van der Waals surface area contributed by atoms with Crippen molar-refractivity contribution in [1.82, 2.24) is 10.6 Å². The molecule has 2 aromatic carbocycles. The molecule has 0 bridgehead atoms. The first-order valence-electron chi connectivity index (χ1n) is 9.04. The maximum atomic E-state index is 12.0. The number of fused-ring (bicyclic) bond motifs is 2. The average molecular weight is 356 g/mol. The summed E-state index contributed by atoms with van der Waals surface area (Å²) in [6.07, 6.45) is 3.87. The van der Waals surface area contributed by atoms with Crippen molar-refractivity contribution in [3.8, 4) is 11.5 Å². The Bertz CT molecular complexity index is 711. The van der Waals surface area contributed by atoms with E-state index >= 15 is 0 Å². The maximum Gasteiger partial charge on any atom is 0.257 e. The molecule has 1 heterocycles. The van der Waals surface area contributed by atoms with Gasteiger partial charge in [0, 0.05) is 13.1 Å². The van der Waals surface area contributed by atoms with E-state index in [0.717, 1.165) is 36.5 Å². The molecule has 138 valence electrons. The molecule has 6 nitrogen and oxygen atoms in total. The van der Waals surface area contributed by atoms with Crippen molar-refractivity contribution in [1.29, 1.82) is 0 Å². The lowest BCUT2D eigenvalue weighted by atomic mass is 10.1. The summed E-state index contributed by atoms with van der Waals surface area (Å²) in [5.74, 6) is 0.598. The van der Waals surface area contributed by atoms with Crippen LogP contribution in [0.2, 0.25) is 0 Å². The van der Waals surface area contributed by atoms with Gasteiger partial charge in [-0.15, -0.1) is 0 Å². The molecule has 0 spiro atoms. The van der Waals surface area contributed by atoms with Gasteiger partial charge in [0.25, 0.3) is 11.8 Å². The van der Waals surface area contributed by atoms with Crippen LogP contribution in [0.1, 0.15) is 25.7 Å². The topological polar surface area (TPSA) is 76.7 Å². The standard InChI is InChI=1S/C20H24N2O4/c23-19-13-25-17-11-15-7-3-4-8-16(15)12-18(17)26-14-20(24)22-10-6-2-1-5-9-21-19/h3-4,7-8,11-12H,1-2,5-6,9-10,13-14H2,(H,21,23)(H,22,24). The van der Waals surface area contributed by atoms with E-state index in [2.05, 4.69) is 10.6 Å². The third-order valence-electron chi connectivity index (χ3n) is 4.28. The van der Waals surface area contributed by atoms with Crippen LogP contribution >= 0.6 is 0 Å². The number of hydrogen-bond acceptors (Lipinski definition) is 4. The van der Waals surface area contributed by atoms with Crippen molar-refractivity contribution < 1.29 is 19.1 Å². The molecular formula is C20H24N2O4. The van der Waals surface area contributed by atoms with Crippen LogP contribution in [-0.2, 0) is 9.59 Å². The van der Waals surface area contributed by atoms with Gasteiger partial charge in [0.2, 0.25) is 0 Å². The fraction of sp³-hybridized carbons (Fsp3) is 0.400. The Morgan fingerprint density at radius 2 is 1.15 bits per heavy atom. The van der Waals surface area contributed by atoms with E-state index in [9.17, 15) is 9.59 Å². The molecule has 0 aromatic heterocycles. The summed E-state index contributed by atoms with van der Waals surface area (Å²) in [5.41, 5.74) is 0. The predicted octanol–water partition coefficient (Wildman–Crippen LogP) is 2.40. The molecule has 0 aliphatic carbocycles. The number of carbonyl (C=O) groups is 2. The number of nitrogens with one attached hydrogen (secondary N) is 2. The lowest BCUT2D eigenvalue weighted by molar-refractivity contribution is -0.124. The van der Waals surface area contributed by atoms with Gasteiger partial charge in [-0.05, 0) is 35.7 Å². The molecule has 6 heteroatoms. The predicted molar refractivity (Wildman–Crippen MR) is 99.4 cm³/mol. The van der Waals surface area contributed by atoms with Crippen molar-refractivity contribution in [2.75, 3.05) is 26.3 Å². The Hall–Kier alpha value is -2.76. The van der Waals surface area contributed by atoms with Gasteiger partial charge in [-0.2, -0.15) is 0 Å². The van der Waals surface area contributed by atoms with Gasteiger partial charge in [0.05, 0.1) is 0 Å². The lowest BCUT2D eigenvalue weighted by Crippen LogP contribution is -2.31. The average Bonchev–Trinajstić information content (AvgIpc) is 2.65. The molecule has 2 N–H and O–H groups in total. The van der Waals surface area contributed by atoms with Gasteiger partial charge in [-0.1, -0.05) is 37.1 Å².